The predicted octanol–water partition coefficient (Wildman–Crippen LogP) is 2.58. The maximum atomic E-state index is 11.8. The largest absolute Gasteiger partial charge is 0.389 e. The molecule has 0 atom stereocenters. The number of hydrogen-bond donors (Lipinski definition) is 2. The average Bonchev–Trinajstić information content (AvgIpc) is 2.95. The number of amides is 1. The minimum atomic E-state index is -0.769. The van der Waals surface area contributed by atoms with E-state index in [2.05, 4.69) is 24.1 Å². The van der Waals surface area contributed by atoms with Crippen LogP contribution in [0.2, 0.25) is 0 Å². The van der Waals surface area contributed by atoms with Gasteiger partial charge in [-0.25, -0.2) is 4.98 Å². The van der Waals surface area contributed by atoms with Crippen LogP contribution in [-0.2, 0) is 11.3 Å². The van der Waals surface area contributed by atoms with Gasteiger partial charge in [-0.05, 0) is 12.8 Å². The second-order valence-corrected chi connectivity index (χ2v) is 6.61. The lowest BCUT2D eigenvalue weighted by Gasteiger charge is -2.20. The molecule has 1 heterocycles. The molecule has 0 aromatic carbocycles. The van der Waals surface area contributed by atoms with E-state index >= 15 is 0 Å². The van der Waals surface area contributed by atoms with Gasteiger partial charge < -0.3 is 10.4 Å². The first-order valence-corrected chi connectivity index (χ1v) is 7.80. The Morgan fingerprint density at radius 2 is 2.21 bits per heavy atom. The van der Waals surface area contributed by atoms with Gasteiger partial charge in [-0.2, -0.15) is 0 Å². The number of hydrogen-bond acceptors (Lipinski definition) is 4. The standard InChI is InChI=1S/C14H22N2O2S/c1-10(2)13-16-11(9-19-13)8-15-12(17)7-14(18)5-3-4-6-14/h9-10,18H,3-8H2,1-2H3,(H,15,17). The van der Waals surface area contributed by atoms with Crippen molar-refractivity contribution in [2.75, 3.05) is 0 Å². The fourth-order valence-electron chi connectivity index (χ4n) is 2.43. The molecular formula is C14H22N2O2S. The number of carbonyl (C=O) groups is 1. The van der Waals surface area contributed by atoms with E-state index in [0.717, 1.165) is 36.4 Å². The summed E-state index contributed by atoms with van der Waals surface area (Å²) in [6.45, 7) is 4.67. The van der Waals surface area contributed by atoms with Crippen LogP contribution < -0.4 is 5.32 Å². The van der Waals surface area contributed by atoms with Gasteiger partial charge in [0.25, 0.3) is 0 Å². The maximum absolute atomic E-state index is 11.8. The van der Waals surface area contributed by atoms with Crippen molar-refractivity contribution < 1.29 is 9.90 Å². The van der Waals surface area contributed by atoms with Gasteiger partial charge in [0.2, 0.25) is 5.91 Å². The van der Waals surface area contributed by atoms with Crippen molar-refractivity contribution in [2.24, 2.45) is 0 Å². The van der Waals surface area contributed by atoms with Crippen LogP contribution in [0.5, 0.6) is 0 Å². The summed E-state index contributed by atoms with van der Waals surface area (Å²) < 4.78 is 0. The zero-order valence-electron chi connectivity index (χ0n) is 11.6. The number of thiazole rings is 1. The Morgan fingerprint density at radius 1 is 1.53 bits per heavy atom. The summed E-state index contributed by atoms with van der Waals surface area (Å²) in [7, 11) is 0. The quantitative estimate of drug-likeness (QED) is 0.872. The molecule has 0 bridgehead atoms. The van der Waals surface area contributed by atoms with E-state index in [4.69, 9.17) is 0 Å². The Kier molecular flexibility index (Phi) is 4.58. The van der Waals surface area contributed by atoms with Gasteiger partial charge in [0.15, 0.2) is 0 Å². The highest BCUT2D eigenvalue weighted by Crippen LogP contribution is 2.32. The van der Waals surface area contributed by atoms with Gasteiger partial charge in [0.1, 0.15) is 0 Å². The van der Waals surface area contributed by atoms with Crippen molar-refractivity contribution in [3.63, 3.8) is 0 Å². The average molecular weight is 282 g/mol. The number of aliphatic hydroxyl groups is 1. The Balaban J connectivity index is 1.79. The molecule has 1 fully saturated rings. The Labute approximate surface area is 118 Å². The third-order valence-corrected chi connectivity index (χ3v) is 4.75. The molecule has 0 saturated heterocycles. The normalized spacial score (nSPS) is 17.9. The number of aromatic nitrogens is 1. The van der Waals surface area contributed by atoms with E-state index in [1.54, 1.807) is 11.3 Å². The van der Waals surface area contributed by atoms with E-state index in [1.807, 2.05) is 5.38 Å². The molecule has 19 heavy (non-hydrogen) atoms. The van der Waals surface area contributed by atoms with Gasteiger partial charge in [0.05, 0.1) is 29.3 Å². The molecule has 1 aliphatic carbocycles. The third kappa shape index (κ3) is 4.01. The van der Waals surface area contributed by atoms with E-state index in [-0.39, 0.29) is 12.3 Å². The molecular weight excluding hydrogens is 260 g/mol. The maximum Gasteiger partial charge on any atom is 0.223 e. The smallest absolute Gasteiger partial charge is 0.223 e. The topological polar surface area (TPSA) is 62.2 Å². The molecule has 1 aromatic rings. The number of nitrogens with zero attached hydrogens (tertiary/aromatic N) is 1. The summed E-state index contributed by atoms with van der Waals surface area (Å²) in [6, 6.07) is 0. The van der Waals surface area contributed by atoms with Crippen LogP contribution in [0.3, 0.4) is 0 Å². The predicted molar refractivity (Wildman–Crippen MR) is 76.1 cm³/mol. The third-order valence-electron chi connectivity index (χ3n) is 3.55. The molecule has 106 valence electrons. The van der Waals surface area contributed by atoms with Crippen molar-refractivity contribution in [1.82, 2.24) is 10.3 Å². The number of carbonyl (C=O) groups excluding carboxylic acids is 1. The molecule has 0 radical (unpaired) electrons. The summed E-state index contributed by atoms with van der Waals surface area (Å²) in [5.41, 5.74) is 0.135. The van der Waals surface area contributed by atoms with Crippen LogP contribution >= 0.6 is 11.3 Å². The van der Waals surface area contributed by atoms with Crippen molar-refractivity contribution in [1.29, 1.82) is 0 Å². The van der Waals surface area contributed by atoms with E-state index < -0.39 is 5.60 Å². The van der Waals surface area contributed by atoms with E-state index in [0.29, 0.717) is 12.5 Å². The molecule has 1 saturated carbocycles. The lowest BCUT2D eigenvalue weighted by Crippen LogP contribution is -2.34. The molecule has 0 unspecified atom stereocenters. The Hall–Kier alpha value is -0.940. The fraction of sp³-hybridized carbons (Fsp3) is 0.714. The van der Waals surface area contributed by atoms with Gasteiger partial charge in [-0.15, -0.1) is 11.3 Å². The SMILES string of the molecule is CC(C)c1nc(CNC(=O)CC2(O)CCCC2)cs1. The second kappa shape index (κ2) is 6.01. The first kappa shape index (κ1) is 14.5. The molecule has 0 aliphatic heterocycles. The monoisotopic (exact) mass is 282 g/mol. The van der Waals surface area contributed by atoms with Gasteiger partial charge >= 0.3 is 0 Å². The second-order valence-electron chi connectivity index (χ2n) is 5.72. The molecule has 1 aliphatic rings. The Bertz CT molecular complexity index is 436. The number of nitrogens with one attached hydrogen (secondary N) is 1. The molecule has 5 heteroatoms. The minimum Gasteiger partial charge on any atom is -0.389 e. The first-order valence-electron chi connectivity index (χ1n) is 6.92. The molecule has 2 N–H and O–H groups in total. The van der Waals surface area contributed by atoms with Crippen LogP contribution in [0.1, 0.15) is 62.6 Å². The Morgan fingerprint density at radius 3 is 2.79 bits per heavy atom. The van der Waals surface area contributed by atoms with Crippen LogP contribution in [0.15, 0.2) is 5.38 Å². The van der Waals surface area contributed by atoms with Gasteiger partial charge in [0, 0.05) is 11.3 Å². The van der Waals surface area contributed by atoms with E-state index in [1.165, 1.54) is 0 Å². The van der Waals surface area contributed by atoms with Crippen LogP contribution in [-0.4, -0.2) is 21.6 Å². The molecule has 2 rings (SSSR count). The minimum absolute atomic E-state index is 0.0801. The molecule has 1 amide bonds. The van der Waals surface area contributed by atoms with Crippen molar-refractivity contribution >= 4 is 17.2 Å². The van der Waals surface area contributed by atoms with Crippen molar-refractivity contribution in [3.8, 4) is 0 Å². The summed E-state index contributed by atoms with van der Waals surface area (Å²) >= 11 is 1.63. The van der Waals surface area contributed by atoms with E-state index in [9.17, 15) is 9.90 Å². The highest BCUT2D eigenvalue weighted by molar-refractivity contribution is 7.09. The number of rotatable bonds is 5. The zero-order chi connectivity index (χ0) is 13.9. The fourth-order valence-corrected chi connectivity index (χ4v) is 3.26. The summed E-state index contributed by atoms with van der Waals surface area (Å²) in [4.78, 5) is 16.3. The first-order chi connectivity index (χ1) is 8.98. The summed E-state index contributed by atoms with van der Waals surface area (Å²) in [5.74, 6) is 0.345. The lowest BCUT2D eigenvalue weighted by atomic mass is 9.98. The highest BCUT2D eigenvalue weighted by Gasteiger charge is 2.33. The van der Waals surface area contributed by atoms with Crippen LogP contribution in [0, 0.1) is 0 Å². The zero-order valence-corrected chi connectivity index (χ0v) is 12.4. The summed E-state index contributed by atoms with van der Waals surface area (Å²) in [6.07, 6.45) is 3.75. The highest BCUT2D eigenvalue weighted by atomic mass is 32.1. The van der Waals surface area contributed by atoms with Crippen molar-refractivity contribution in [3.05, 3.63) is 16.1 Å². The van der Waals surface area contributed by atoms with Crippen LogP contribution in [0.4, 0.5) is 0 Å². The van der Waals surface area contributed by atoms with Gasteiger partial charge in [-0.1, -0.05) is 26.7 Å². The summed E-state index contributed by atoms with van der Waals surface area (Å²) in [5, 5.41) is 16.1. The van der Waals surface area contributed by atoms with Crippen molar-refractivity contribution in [2.45, 2.75) is 64.0 Å². The van der Waals surface area contributed by atoms with Crippen LogP contribution in [0.25, 0.3) is 0 Å². The van der Waals surface area contributed by atoms with Gasteiger partial charge in [-0.3, -0.25) is 4.79 Å². The molecule has 1 aromatic heterocycles. The lowest BCUT2D eigenvalue weighted by molar-refractivity contribution is -0.126. The molecule has 0 spiro atoms. The molecule has 4 nitrogen and oxygen atoms in total.